The molecule has 0 radical (unpaired) electrons. The molecule has 4 rings (SSSR count). The van der Waals surface area contributed by atoms with Gasteiger partial charge in [0.2, 0.25) is 5.91 Å². The number of aromatic nitrogens is 1. The summed E-state index contributed by atoms with van der Waals surface area (Å²) in [5.41, 5.74) is 1.90. The minimum Gasteiger partial charge on any atom is -0.406 e. The SMILES string of the molecule is Cc1cnc2c(c1)NC(=O)CN2C(=O)NC(c1ccc(OC(F)(F)F)cc1)C1CCOCC1. The number of carbonyl (C=O) groups excluding carboxylic acids is 2. The van der Waals surface area contributed by atoms with E-state index >= 15 is 0 Å². The molecular weight excluding hydrogens is 441 g/mol. The van der Waals surface area contributed by atoms with Crippen LogP contribution in [0, 0.1) is 12.8 Å². The molecule has 3 heterocycles. The van der Waals surface area contributed by atoms with E-state index in [4.69, 9.17) is 4.74 Å². The molecule has 1 atom stereocenters. The molecule has 11 heteroatoms. The van der Waals surface area contributed by atoms with E-state index in [0.29, 0.717) is 43.1 Å². The van der Waals surface area contributed by atoms with Gasteiger partial charge in [0.05, 0.1) is 11.7 Å². The smallest absolute Gasteiger partial charge is 0.406 e. The van der Waals surface area contributed by atoms with E-state index in [9.17, 15) is 22.8 Å². The Balaban J connectivity index is 1.58. The monoisotopic (exact) mass is 464 g/mol. The molecule has 0 saturated carbocycles. The highest BCUT2D eigenvalue weighted by atomic mass is 19.4. The molecule has 3 amide bonds. The molecule has 176 valence electrons. The second-order valence-corrected chi connectivity index (χ2v) is 8.01. The van der Waals surface area contributed by atoms with Crippen molar-refractivity contribution in [2.75, 3.05) is 30.0 Å². The first kappa shape index (κ1) is 22.8. The molecule has 0 bridgehead atoms. The predicted molar refractivity (Wildman–Crippen MR) is 113 cm³/mol. The number of fused-ring (bicyclic) bond motifs is 1. The summed E-state index contributed by atoms with van der Waals surface area (Å²) in [5.74, 6) is -0.357. The fraction of sp³-hybridized carbons (Fsp3) is 0.409. The van der Waals surface area contributed by atoms with Crippen LogP contribution in [0.4, 0.5) is 29.5 Å². The Bertz CT molecular complexity index is 1020. The highest BCUT2D eigenvalue weighted by Crippen LogP contribution is 2.33. The second-order valence-electron chi connectivity index (χ2n) is 8.01. The number of rotatable bonds is 4. The van der Waals surface area contributed by atoms with Crippen LogP contribution in [0.2, 0.25) is 0 Å². The molecule has 2 aromatic rings. The number of amides is 3. The number of pyridine rings is 1. The van der Waals surface area contributed by atoms with Gasteiger partial charge in [-0.15, -0.1) is 13.2 Å². The van der Waals surface area contributed by atoms with Crippen LogP contribution in [0.1, 0.15) is 30.0 Å². The number of hydrogen-bond donors (Lipinski definition) is 2. The standard InChI is InChI=1S/C22H23F3N4O4/c1-13-10-17-20(26-11-13)29(12-18(30)27-17)21(31)28-19(15-6-8-32-9-7-15)14-2-4-16(5-3-14)33-22(23,24)25/h2-5,10-11,15,19H,6-9,12H2,1H3,(H,27,30)(H,28,31). The van der Waals surface area contributed by atoms with Gasteiger partial charge in [-0.1, -0.05) is 12.1 Å². The van der Waals surface area contributed by atoms with Crippen molar-refractivity contribution in [1.29, 1.82) is 0 Å². The average Bonchev–Trinajstić information content (AvgIpc) is 2.76. The Morgan fingerprint density at radius 1 is 1.27 bits per heavy atom. The number of nitrogens with one attached hydrogen (secondary N) is 2. The van der Waals surface area contributed by atoms with E-state index in [-0.39, 0.29) is 24.1 Å². The van der Waals surface area contributed by atoms with Gasteiger partial charge >= 0.3 is 12.4 Å². The fourth-order valence-corrected chi connectivity index (χ4v) is 4.06. The summed E-state index contributed by atoms with van der Waals surface area (Å²) < 4.78 is 46.9. The average molecular weight is 464 g/mol. The summed E-state index contributed by atoms with van der Waals surface area (Å²) >= 11 is 0. The van der Waals surface area contributed by atoms with Crippen molar-refractivity contribution in [1.82, 2.24) is 10.3 Å². The van der Waals surface area contributed by atoms with Crippen LogP contribution >= 0.6 is 0 Å². The first-order chi connectivity index (χ1) is 15.7. The zero-order chi connectivity index (χ0) is 23.6. The minimum atomic E-state index is -4.79. The predicted octanol–water partition coefficient (Wildman–Crippen LogP) is 3.92. The number of nitrogens with zero attached hydrogens (tertiary/aromatic N) is 2. The topological polar surface area (TPSA) is 92.8 Å². The summed E-state index contributed by atoms with van der Waals surface area (Å²) in [6, 6.07) is 6.15. The lowest BCUT2D eigenvalue weighted by molar-refractivity contribution is -0.274. The maximum absolute atomic E-state index is 13.3. The van der Waals surface area contributed by atoms with E-state index in [1.165, 1.54) is 29.2 Å². The molecule has 1 fully saturated rings. The lowest BCUT2D eigenvalue weighted by Crippen LogP contribution is -2.49. The molecular formula is C22H23F3N4O4. The number of ether oxygens (including phenoxy) is 2. The Morgan fingerprint density at radius 2 is 1.97 bits per heavy atom. The van der Waals surface area contributed by atoms with Gasteiger partial charge in [0.25, 0.3) is 0 Å². The van der Waals surface area contributed by atoms with Crippen molar-refractivity contribution >= 4 is 23.4 Å². The number of aryl methyl sites for hydroxylation is 1. The van der Waals surface area contributed by atoms with Crippen LogP contribution in [0.15, 0.2) is 36.5 Å². The molecule has 1 unspecified atom stereocenters. The molecule has 0 aliphatic carbocycles. The summed E-state index contributed by atoms with van der Waals surface area (Å²) in [6.07, 6.45) is -1.85. The highest BCUT2D eigenvalue weighted by Gasteiger charge is 2.34. The summed E-state index contributed by atoms with van der Waals surface area (Å²) in [4.78, 5) is 31.0. The number of halogens is 3. The normalized spacial score (nSPS) is 17.7. The Labute approximate surface area is 188 Å². The third-order valence-corrected chi connectivity index (χ3v) is 5.57. The Hall–Kier alpha value is -3.34. The van der Waals surface area contributed by atoms with Crippen molar-refractivity contribution in [3.8, 4) is 5.75 Å². The first-order valence-corrected chi connectivity index (χ1v) is 10.5. The van der Waals surface area contributed by atoms with Crippen molar-refractivity contribution in [2.45, 2.75) is 32.2 Å². The van der Waals surface area contributed by atoms with Crippen molar-refractivity contribution in [3.05, 3.63) is 47.7 Å². The zero-order valence-corrected chi connectivity index (χ0v) is 17.8. The third-order valence-electron chi connectivity index (χ3n) is 5.57. The number of anilines is 2. The molecule has 2 aliphatic heterocycles. The number of carbonyl (C=O) groups is 2. The molecule has 33 heavy (non-hydrogen) atoms. The fourth-order valence-electron chi connectivity index (χ4n) is 4.06. The largest absolute Gasteiger partial charge is 0.573 e. The van der Waals surface area contributed by atoms with Gasteiger partial charge in [0.15, 0.2) is 5.82 Å². The second kappa shape index (κ2) is 9.26. The lowest BCUT2D eigenvalue weighted by atomic mass is 9.87. The maximum atomic E-state index is 13.3. The molecule has 2 N–H and O–H groups in total. The highest BCUT2D eigenvalue weighted by molar-refractivity contribution is 6.08. The quantitative estimate of drug-likeness (QED) is 0.716. The lowest BCUT2D eigenvalue weighted by Gasteiger charge is -2.34. The van der Waals surface area contributed by atoms with Gasteiger partial charge in [-0.3, -0.25) is 9.69 Å². The maximum Gasteiger partial charge on any atom is 0.573 e. The summed E-state index contributed by atoms with van der Waals surface area (Å²) in [6.45, 7) is 2.66. The summed E-state index contributed by atoms with van der Waals surface area (Å²) in [5, 5.41) is 5.68. The van der Waals surface area contributed by atoms with E-state index in [0.717, 1.165) is 5.56 Å². The number of hydrogen-bond acceptors (Lipinski definition) is 5. The van der Waals surface area contributed by atoms with Gasteiger partial charge < -0.3 is 20.1 Å². The van der Waals surface area contributed by atoms with E-state index in [1.807, 2.05) is 6.92 Å². The molecule has 1 aromatic carbocycles. The van der Waals surface area contributed by atoms with Crippen LogP contribution in [-0.4, -0.2) is 43.0 Å². The van der Waals surface area contributed by atoms with E-state index in [2.05, 4.69) is 20.4 Å². The van der Waals surface area contributed by atoms with Gasteiger partial charge in [-0.25, -0.2) is 9.78 Å². The Kier molecular flexibility index (Phi) is 6.41. The number of alkyl halides is 3. The molecule has 0 spiro atoms. The summed E-state index contributed by atoms with van der Waals surface area (Å²) in [7, 11) is 0. The minimum absolute atomic E-state index is 0.00106. The molecule has 8 nitrogen and oxygen atoms in total. The molecule has 1 aromatic heterocycles. The van der Waals surface area contributed by atoms with Crippen LogP contribution < -0.4 is 20.3 Å². The van der Waals surface area contributed by atoms with Gasteiger partial charge in [0, 0.05) is 19.4 Å². The number of benzene rings is 1. The van der Waals surface area contributed by atoms with Crippen LogP contribution in [0.25, 0.3) is 0 Å². The molecule has 2 aliphatic rings. The van der Waals surface area contributed by atoms with Crippen molar-refractivity contribution in [2.24, 2.45) is 5.92 Å². The number of urea groups is 1. The van der Waals surface area contributed by atoms with Crippen molar-refractivity contribution < 1.29 is 32.2 Å². The molecule has 1 saturated heterocycles. The van der Waals surface area contributed by atoms with Crippen molar-refractivity contribution in [3.63, 3.8) is 0 Å². The van der Waals surface area contributed by atoms with Crippen LogP contribution in [0.5, 0.6) is 5.75 Å². The Morgan fingerprint density at radius 3 is 2.64 bits per heavy atom. The van der Waals surface area contributed by atoms with Gasteiger partial charge in [-0.2, -0.15) is 0 Å². The third kappa shape index (κ3) is 5.54. The zero-order valence-electron chi connectivity index (χ0n) is 17.8. The van der Waals surface area contributed by atoms with Gasteiger partial charge in [0.1, 0.15) is 12.3 Å². The van der Waals surface area contributed by atoms with Crippen LogP contribution in [0.3, 0.4) is 0 Å². The van der Waals surface area contributed by atoms with Gasteiger partial charge in [-0.05, 0) is 55.0 Å². The van der Waals surface area contributed by atoms with Crippen LogP contribution in [-0.2, 0) is 9.53 Å². The van der Waals surface area contributed by atoms with E-state index < -0.39 is 18.4 Å². The first-order valence-electron chi connectivity index (χ1n) is 10.5. The van der Waals surface area contributed by atoms with E-state index in [1.54, 1.807) is 12.3 Å².